The SMILES string of the molecule is O=C(CNC(=O)C(F)F)c1ccccc1. The van der Waals surface area contributed by atoms with Crippen LogP contribution in [0.3, 0.4) is 0 Å². The smallest absolute Gasteiger partial charge is 0.315 e. The van der Waals surface area contributed by atoms with Crippen molar-refractivity contribution in [3.05, 3.63) is 35.9 Å². The van der Waals surface area contributed by atoms with Gasteiger partial charge >= 0.3 is 6.43 Å². The maximum Gasteiger partial charge on any atom is 0.315 e. The van der Waals surface area contributed by atoms with Crippen molar-refractivity contribution in [3.63, 3.8) is 0 Å². The van der Waals surface area contributed by atoms with E-state index in [1.54, 1.807) is 30.3 Å². The predicted molar refractivity (Wildman–Crippen MR) is 49.8 cm³/mol. The first-order valence-electron chi connectivity index (χ1n) is 4.25. The van der Waals surface area contributed by atoms with Crippen LogP contribution in [-0.2, 0) is 4.79 Å². The van der Waals surface area contributed by atoms with Gasteiger partial charge in [-0.05, 0) is 0 Å². The van der Waals surface area contributed by atoms with Gasteiger partial charge in [-0.1, -0.05) is 30.3 Å². The number of nitrogens with one attached hydrogen (secondary N) is 1. The Labute approximate surface area is 85.1 Å². The molecule has 0 saturated carbocycles. The van der Waals surface area contributed by atoms with Gasteiger partial charge in [0, 0.05) is 5.56 Å². The number of carbonyl (C=O) groups excluding carboxylic acids is 2. The summed E-state index contributed by atoms with van der Waals surface area (Å²) in [6.07, 6.45) is -3.09. The lowest BCUT2D eigenvalue weighted by Gasteiger charge is -2.03. The summed E-state index contributed by atoms with van der Waals surface area (Å²) in [5.41, 5.74) is 0.382. The van der Waals surface area contributed by atoms with Crippen LogP contribution in [0.2, 0.25) is 0 Å². The van der Waals surface area contributed by atoms with Crippen LogP contribution in [0, 0.1) is 0 Å². The summed E-state index contributed by atoms with van der Waals surface area (Å²) in [6.45, 7) is -0.410. The highest BCUT2D eigenvalue weighted by molar-refractivity contribution is 5.99. The normalized spacial score (nSPS) is 10.1. The molecule has 1 rings (SSSR count). The van der Waals surface area contributed by atoms with Crippen LogP contribution in [0.5, 0.6) is 0 Å². The molecule has 0 saturated heterocycles. The first-order chi connectivity index (χ1) is 7.11. The third-order valence-electron chi connectivity index (χ3n) is 1.72. The minimum atomic E-state index is -3.09. The first kappa shape index (κ1) is 11.3. The average Bonchev–Trinajstić information content (AvgIpc) is 2.26. The van der Waals surface area contributed by atoms with Crippen molar-refractivity contribution in [1.29, 1.82) is 0 Å². The quantitative estimate of drug-likeness (QED) is 0.765. The summed E-state index contributed by atoms with van der Waals surface area (Å²) in [7, 11) is 0. The Balaban J connectivity index is 2.48. The molecule has 0 unspecified atom stereocenters. The fraction of sp³-hybridized carbons (Fsp3) is 0.200. The summed E-state index contributed by atoms with van der Waals surface area (Å²) < 4.78 is 23.5. The van der Waals surface area contributed by atoms with Crippen molar-refractivity contribution >= 4 is 11.7 Å². The highest BCUT2D eigenvalue weighted by Gasteiger charge is 2.15. The largest absolute Gasteiger partial charge is 0.344 e. The third kappa shape index (κ3) is 3.46. The number of halogens is 2. The van der Waals surface area contributed by atoms with Gasteiger partial charge in [-0.25, -0.2) is 0 Å². The number of alkyl halides is 2. The first-order valence-corrected chi connectivity index (χ1v) is 4.25. The molecule has 1 aromatic rings. The molecule has 1 amide bonds. The highest BCUT2D eigenvalue weighted by atomic mass is 19.3. The molecular formula is C10H9F2NO2. The van der Waals surface area contributed by atoms with Crippen LogP contribution in [0.25, 0.3) is 0 Å². The van der Waals surface area contributed by atoms with Crippen LogP contribution < -0.4 is 5.32 Å². The molecule has 0 aliphatic carbocycles. The maximum absolute atomic E-state index is 11.8. The Kier molecular flexibility index (Phi) is 3.91. The number of carbonyl (C=O) groups is 2. The van der Waals surface area contributed by atoms with Crippen molar-refractivity contribution in [3.8, 4) is 0 Å². The molecule has 0 bridgehead atoms. The van der Waals surface area contributed by atoms with Crippen LogP contribution >= 0.6 is 0 Å². The number of benzene rings is 1. The molecule has 0 spiro atoms. The minimum absolute atomic E-state index is 0.382. The van der Waals surface area contributed by atoms with Gasteiger partial charge in [0.05, 0.1) is 6.54 Å². The Hall–Kier alpha value is -1.78. The third-order valence-corrected chi connectivity index (χ3v) is 1.72. The second-order valence-corrected chi connectivity index (χ2v) is 2.81. The fourth-order valence-electron chi connectivity index (χ4n) is 0.971. The van der Waals surface area contributed by atoms with Crippen LogP contribution in [0.1, 0.15) is 10.4 Å². The molecule has 0 fully saturated rings. The van der Waals surface area contributed by atoms with Crippen molar-refractivity contribution in [2.75, 3.05) is 6.54 Å². The summed E-state index contributed by atoms with van der Waals surface area (Å²) >= 11 is 0. The summed E-state index contributed by atoms with van der Waals surface area (Å²) in [6, 6.07) is 8.15. The second kappa shape index (κ2) is 5.19. The van der Waals surface area contributed by atoms with E-state index in [2.05, 4.69) is 0 Å². The lowest BCUT2D eigenvalue weighted by atomic mass is 10.1. The van der Waals surface area contributed by atoms with Gasteiger partial charge in [0.2, 0.25) is 0 Å². The molecule has 5 heteroatoms. The zero-order chi connectivity index (χ0) is 11.3. The van der Waals surface area contributed by atoms with E-state index in [0.29, 0.717) is 5.56 Å². The summed E-state index contributed by atoms with van der Waals surface area (Å²) in [4.78, 5) is 21.8. The van der Waals surface area contributed by atoms with E-state index in [0.717, 1.165) is 0 Å². The van der Waals surface area contributed by atoms with Crippen molar-refractivity contribution in [2.45, 2.75) is 6.43 Å². The Bertz CT molecular complexity index is 352. The summed E-state index contributed by atoms with van der Waals surface area (Å²) in [5, 5.41) is 1.84. The maximum atomic E-state index is 11.8. The van der Waals surface area contributed by atoms with E-state index in [4.69, 9.17) is 0 Å². The molecule has 0 heterocycles. The number of hydrogen-bond donors (Lipinski definition) is 1. The molecule has 0 atom stereocenters. The number of hydrogen-bond acceptors (Lipinski definition) is 2. The fourth-order valence-corrected chi connectivity index (χ4v) is 0.971. The van der Waals surface area contributed by atoms with E-state index >= 15 is 0 Å². The lowest BCUT2D eigenvalue weighted by molar-refractivity contribution is -0.131. The number of rotatable bonds is 4. The Morgan fingerprint density at radius 2 is 1.80 bits per heavy atom. The molecule has 80 valence electrons. The van der Waals surface area contributed by atoms with Gasteiger partial charge in [-0.15, -0.1) is 0 Å². The predicted octanol–water partition coefficient (Wildman–Crippen LogP) is 1.25. The topological polar surface area (TPSA) is 46.2 Å². The number of ketones is 1. The summed E-state index contributed by atoms with van der Waals surface area (Å²) in [5.74, 6) is -1.83. The van der Waals surface area contributed by atoms with Gasteiger partial charge < -0.3 is 5.32 Å². The zero-order valence-corrected chi connectivity index (χ0v) is 7.74. The number of amides is 1. The van der Waals surface area contributed by atoms with E-state index in [9.17, 15) is 18.4 Å². The molecule has 0 aliphatic rings. The van der Waals surface area contributed by atoms with Crippen molar-refractivity contribution in [1.82, 2.24) is 5.32 Å². The molecule has 0 aromatic heterocycles. The second-order valence-electron chi connectivity index (χ2n) is 2.81. The average molecular weight is 213 g/mol. The zero-order valence-electron chi connectivity index (χ0n) is 7.74. The lowest BCUT2D eigenvalue weighted by Crippen LogP contribution is -2.33. The molecule has 1 aromatic carbocycles. The highest BCUT2D eigenvalue weighted by Crippen LogP contribution is 1.99. The van der Waals surface area contributed by atoms with Gasteiger partial charge in [0.1, 0.15) is 0 Å². The van der Waals surface area contributed by atoms with E-state index in [1.807, 2.05) is 5.32 Å². The molecule has 0 aliphatic heterocycles. The molecule has 0 radical (unpaired) electrons. The Morgan fingerprint density at radius 3 is 2.33 bits per heavy atom. The monoisotopic (exact) mass is 213 g/mol. The van der Waals surface area contributed by atoms with E-state index < -0.39 is 24.7 Å². The molecular weight excluding hydrogens is 204 g/mol. The van der Waals surface area contributed by atoms with Gasteiger partial charge in [-0.3, -0.25) is 9.59 Å². The Morgan fingerprint density at radius 1 is 1.20 bits per heavy atom. The van der Waals surface area contributed by atoms with Gasteiger partial charge in [-0.2, -0.15) is 8.78 Å². The van der Waals surface area contributed by atoms with Crippen LogP contribution in [0.4, 0.5) is 8.78 Å². The molecule has 1 N–H and O–H groups in total. The van der Waals surface area contributed by atoms with Gasteiger partial charge in [0.15, 0.2) is 5.78 Å². The minimum Gasteiger partial charge on any atom is -0.344 e. The van der Waals surface area contributed by atoms with Crippen LogP contribution in [0.15, 0.2) is 30.3 Å². The van der Waals surface area contributed by atoms with E-state index in [-0.39, 0.29) is 0 Å². The van der Waals surface area contributed by atoms with Crippen molar-refractivity contribution in [2.24, 2.45) is 0 Å². The van der Waals surface area contributed by atoms with Crippen molar-refractivity contribution < 1.29 is 18.4 Å². The van der Waals surface area contributed by atoms with E-state index in [1.165, 1.54) is 0 Å². The molecule has 3 nitrogen and oxygen atoms in total. The van der Waals surface area contributed by atoms with Gasteiger partial charge in [0.25, 0.3) is 5.91 Å². The molecule has 15 heavy (non-hydrogen) atoms. The van der Waals surface area contributed by atoms with Crippen LogP contribution in [-0.4, -0.2) is 24.7 Å². The number of Topliss-reactive ketones (excluding diaryl/α,β-unsaturated/α-hetero) is 1. The standard InChI is InChI=1S/C10H9F2NO2/c11-9(12)10(15)13-6-8(14)7-4-2-1-3-5-7/h1-5,9H,6H2,(H,13,15).